The van der Waals surface area contributed by atoms with Crippen molar-refractivity contribution in [2.75, 3.05) is 11.9 Å². The maximum absolute atomic E-state index is 5.81. The van der Waals surface area contributed by atoms with Crippen LogP contribution < -0.4 is 4.74 Å². The molecule has 0 aromatic heterocycles. The molecular weight excluding hydrogens is 324 g/mol. The second kappa shape index (κ2) is 8.89. The van der Waals surface area contributed by atoms with Crippen LogP contribution in [0.2, 0.25) is 0 Å². The number of ether oxygens (including phenoxy) is 1. The zero-order chi connectivity index (χ0) is 14.9. The molecule has 21 heavy (non-hydrogen) atoms. The zero-order valence-corrected chi connectivity index (χ0v) is 14.2. The summed E-state index contributed by atoms with van der Waals surface area (Å²) in [7, 11) is 0. The highest BCUT2D eigenvalue weighted by Gasteiger charge is 2.02. The van der Waals surface area contributed by atoms with Gasteiger partial charge in [-0.1, -0.05) is 65.3 Å². The highest BCUT2D eigenvalue weighted by atomic mass is 79.9. The first-order valence-electron chi connectivity index (χ1n) is 7.59. The summed E-state index contributed by atoms with van der Waals surface area (Å²) in [6.07, 6.45) is 3.29. The van der Waals surface area contributed by atoms with E-state index in [1.165, 1.54) is 17.5 Å². The van der Waals surface area contributed by atoms with Crippen molar-refractivity contribution in [3.05, 3.63) is 65.7 Å². The highest BCUT2D eigenvalue weighted by molar-refractivity contribution is 9.09. The van der Waals surface area contributed by atoms with Gasteiger partial charge in [0.25, 0.3) is 0 Å². The predicted octanol–water partition coefficient (Wildman–Crippen LogP) is 5.47. The molecule has 0 saturated heterocycles. The Labute approximate surface area is 136 Å². The second-order valence-corrected chi connectivity index (χ2v) is 6.32. The lowest BCUT2D eigenvalue weighted by Gasteiger charge is -2.11. The average Bonchev–Trinajstić information content (AvgIpc) is 2.50. The molecule has 0 aliphatic rings. The van der Waals surface area contributed by atoms with Crippen LogP contribution in [0.4, 0.5) is 0 Å². The zero-order valence-electron chi connectivity index (χ0n) is 12.6. The number of hydrogen-bond donors (Lipinski definition) is 0. The van der Waals surface area contributed by atoms with Crippen molar-refractivity contribution in [3.8, 4) is 5.75 Å². The Balaban J connectivity index is 1.79. The van der Waals surface area contributed by atoms with E-state index in [2.05, 4.69) is 77.5 Å². The fourth-order valence-corrected chi connectivity index (χ4v) is 3.03. The van der Waals surface area contributed by atoms with Gasteiger partial charge in [0, 0.05) is 5.33 Å². The van der Waals surface area contributed by atoms with Crippen LogP contribution in [0, 0.1) is 5.92 Å². The Bertz CT molecular complexity index is 507. The van der Waals surface area contributed by atoms with Gasteiger partial charge in [-0.15, -0.1) is 0 Å². The van der Waals surface area contributed by atoms with Crippen LogP contribution in [0.5, 0.6) is 5.75 Å². The first kappa shape index (κ1) is 16.1. The molecule has 0 bridgehead atoms. The quantitative estimate of drug-likeness (QED) is 0.576. The molecule has 0 fully saturated rings. The minimum Gasteiger partial charge on any atom is -0.494 e. The van der Waals surface area contributed by atoms with Crippen LogP contribution in [-0.2, 0) is 6.42 Å². The molecule has 0 heterocycles. The van der Waals surface area contributed by atoms with Crippen LogP contribution in [0.3, 0.4) is 0 Å². The molecule has 2 aromatic carbocycles. The lowest BCUT2D eigenvalue weighted by Crippen LogP contribution is -2.04. The van der Waals surface area contributed by atoms with Gasteiger partial charge in [0.1, 0.15) is 5.75 Å². The minimum atomic E-state index is 0.710. The van der Waals surface area contributed by atoms with Crippen LogP contribution in [0.25, 0.3) is 0 Å². The normalized spacial score (nSPS) is 12.1. The summed E-state index contributed by atoms with van der Waals surface area (Å²) in [6, 6.07) is 19.0. The summed E-state index contributed by atoms with van der Waals surface area (Å²) >= 11 is 3.48. The average molecular weight is 347 g/mol. The summed E-state index contributed by atoms with van der Waals surface area (Å²) in [4.78, 5) is 0. The Kier molecular flexibility index (Phi) is 6.81. The van der Waals surface area contributed by atoms with E-state index < -0.39 is 0 Å². The first-order chi connectivity index (χ1) is 10.3. The molecule has 1 nitrogen and oxygen atoms in total. The van der Waals surface area contributed by atoms with Crippen LogP contribution >= 0.6 is 15.9 Å². The van der Waals surface area contributed by atoms with E-state index in [0.29, 0.717) is 5.92 Å². The molecule has 0 N–H and O–H groups in total. The molecule has 0 spiro atoms. The molecule has 0 aliphatic heterocycles. The van der Waals surface area contributed by atoms with Crippen molar-refractivity contribution in [3.63, 3.8) is 0 Å². The molecule has 2 aromatic rings. The number of hydrogen-bond acceptors (Lipinski definition) is 1. The van der Waals surface area contributed by atoms with Gasteiger partial charge in [-0.2, -0.15) is 0 Å². The van der Waals surface area contributed by atoms with Crippen molar-refractivity contribution in [2.24, 2.45) is 5.92 Å². The molecule has 1 unspecified atom stereocenters. The van der Waals surface area contributed by atoms with Crippen molar-refractivity contribution >= 4 is 15.9 Å². The third kappa shape index (κ3) is 5.92. The highest BCUT2D eigenvalue weighted by Crippen LogP contribution is 2.16. The number of benzene rings is 2. The molecule has 1 atom stereocenters. The van der Waals surface area contributed by atoms with Gasteiger partial charge in [0.2, 0.25) is 0 Å². The third-order valence-electron chi connectivity index (χ3n) is 3.66. The summed E-state index contributed by atoms with van der Waals surface area (Å²) in [6.45, 7) is 3.07. The summed E-state index contributed by atoms with van der Waals surface area (Å²) in [5, 5.41) is 1.07. The lowest BCUT2D eigenvalue weighted by atomic mass is 10.1. The molecule has 2 heteroatoms. The van der Waals surface area contributed by atoms with Crippen LogP contribution in [0.1, 0.15) is 30.9 Å². The van der Waals surface area contributed by atoms with E-state index >= 15 is 0 Å². The molecule has 0 aliphatic carbocycles. The second-order valence-electron chi connectivity index (χ2n) is 5.53. The maximum Gasteiger partial charge on any atom is 0.119 e. The minimum absolute atomic E-state index is 0.710. The van der Waals surface area contributed by atoms with Gasteiger partial charge in [-0.3, -0.25) is 0 Å². The van der Waals surface area contributed by atoms with Gasteiger partial charge >= 0.3 is 0 Å². The van der Waals surface area contributed by atoms with E-state index in [-0.39, 0.29) is 0 Å². The molecule has 0 amide bonds. The van der Waals surface area contributed by atoms with Gasteiger partial charge in [-0.25, -0.2) is 0 Å². The monoisotopic (exact) mass is 346 g/mol. The Morgan fingerprint density at radius 2 is 1.57 bits per heavy atom. The molecular formula is C19H23BrO. The van der Waals surface area contributed by atoms with E-state index in [4.69, 9.17) is 4.74 Å². The first-order valence-corrected chi connectivity index (χ1v) is 8.71. The summed E-state index contributed by atoms with van der Waals surface area (Å²) in [5.74, 6) is 1.68. The lowest BCUT2D eigenvalue weighted by molar-refractivity contribution is 0.282. The Morgan fingerprint density at radius 1 is 0.905 bits per heavy atom. The van der Waals surface area contributed by atoms with E-state index in [1.807, 2.05) is 0 Å². The van der Waals surface area contributed by atoms with Crippen molar-refractivity contribution in [1.29, 1.82) is 0 Å². The Morgan fingerprint density at radius 3 is 2.24 bits per heavy atom. The summed E-state index contributed by atoms with van der Waals surface area (Å²) < 4.78 is 5.81. The van der Waals surface area contributed by atoms with Crippen molar-refractivity contribution in [2.45, 2.75) is 26.2 Å². The molecule has 0 radical (unpaired) electrons. The number of halogens is 1. The Hall–Kier alpha value is -1.28. The maximum atomic E-state index is 5.81. The summed E-state index contributed by atoms with van der Waals surface area (Å²) in [5.41, 5.74) is 2.66. The number of rotatable bonds is 8. The van der Waals surface area contributed by atoms with E-state index in [0.717, 1.165) is 30.5 Å². The standard InChI is InChI=1S/C19H23BrO/c1-16(11-13-20)12-14-21-19-9-7-18(8-10-19)15-17-5-3-2-4-6-17/h2-10,16H,11-15H2,1H3. The van der Waals surface area contributed by atoms with Gasteiger partial charge in [0.15, 0.2) is 0 Å². The fraction of sp³-hybridized carbons (Fsp3) is 0.368. The SMILES string of the molecule is CC(CCBr)CCOc1ccc(Cc2ccccc2)cc1. The van der Waals surface area contributed by atoms with Crippen LogP contribution in [-0.4, -0.2) is 11.9 Å². The number of alkyl halides is 1. The third-order valence-corrected chi connectivity index (χ3v) is 4.11. The topological polar surface area (TPSA) is 9.23 Å². The van der Waals surface area contributed by atoms with E-state index in [9.17, 15) is 0 Å². The van der Waals surface area contributed by atoms with Crippen molar-refractivity contribution < 1.29 is 4.74 Å². The largest absolute Gasteiger partial charge is 0.494 e. The molecule has 0 saturated carbocycles. The fourth-order valence-electron chi connectivity index (χ4n) is 2.24. The van der Waals surface area contributed by atoms with E-state index in [1.54, 1.807) is 0 Å². The predicted molar refractivity (Wildman–Crippen MR) is 93.4 cm³/mol. The smallest absolute Gasteiger partial charge is 0.119 e. The van der Waals surface area contributed by atoms with Gasteiger partial charge in [-0.05, 0) is 48.4 Å². The van der Waals surface area contributed by atoms with Gasteiger partial charge in [0.05, 0.1) is 6.61 Å². The molecule has 112 valence electrons. The van der Waals surface area contributed by atoms with Crippen LogP contribution in [0.15, 0.2) is 54.6 Å². The molecule has 2 rings (SSSR count). The van der Waals surface area contributed by atoms with Crippen molar-refractivity contribution in [1.82, 2.24) is 0 Å². The van der Waals surface area contributed by atoms with Gasteiger partial charge < -0.3 is 4.74 Å².